The van der Waals surface area contributed by atoms with E-state index in [1.165, 1.54) is 24.2 Å². The minimum atomic E-state index is -1.17. The Hall–Kier alpha value is -3.02. The Labute approximate surface area is 269 Å². The van der Waals surface area contributed by atoms with Crippen LogP contribution >= 0.6 is 0 Å². The third-order valence-corrected chi connectivity index (χ3v) is 7.83. The van der Waals surface area contributed by atoms with Gasteiger partial charge in [0.25, 0.3) is 0 Å². The highest BCUT2D eigenvalue weighted by atomic mass is 16.4. The number of carboxylic acid groups (broad SMARTS) is 2. The van der Waals surface area contributed by atoms with E-state index in [1.54, 1.807) is 20.9 Å². The number of amides is 3. The van der Waals surface area contributed by atoms with Crippen LogP contribution < -0.4 is 16.4 Å². The van der Waals surface area contributed by atoms with Crippen molar-refractivity contribution in [3.05, 3.63) is 0 Å². The maximum atomic E-state index is 12.3. The summed E-state index contributed by atoms with van der Waals surface area (Å²) in [5, 5.41) is 23.4. The van der Waals surface area contributed by atoms with Crippen molar-refractivity contribution in [1.29, 1.82) is 0 Å². The highest BCUT2D eigenvalue weighted by molar-refractivity contribution is 5.89. The molecule has 12 heteroatoms. The fourth-order valence-electron chi connectivity index (χ4n) is 4.84. The van der Waals surface area contributed by atoms with Crippen LogP contribution in [0.1, 0.15) is 136 Å². The van der Waals surface area contributed by atoms with E-state index in [0.717, 1.165) is 51.4 Å². The summed E-state index contributed by atoms with van der Waals surface area (Å²) in [7, 11) is 1.56. The van der Waals surface area contributed by atoms with Gasteiger partial charge < -0.3 is 31.5 Å². The fraction of sp³-hybridized carbons (Fsp3) is 0.818. The van der Waals surface area contributed by atoms with Gasteiger partial charge in [-0.3, -0.25) is 24.0 Å². The van der Waals surface area contributed by atoms with E-state index in [0.29, 0.717) is 32.2 Å². The summed E-state index contributed by atoms with van der Waals surface area (Å²) in [6, 6.07) is -1.84. The lowest BCUT2D eigenvalue weighted by Crippen LogP contribution is -2.44. The second-order valence-corrected chi connectivity index (χ2v) is 12.4. The van der Waals surface area contributed by atoms with Crippen molar-refractivity contribution in [3.63, 3.8) is 0 Å². The van der Waals surface area contributed by atoms with Crippen molar-refractivity contribution in [2.45, 2.75) is 148 Å². The topological polar surface area (TPSA) is 196 Å². The van der Waals surface area contributed by atoms with Crippen LogP contribution in [0.2, 0.25) is 0 Å². The van der Waals surface area contributed by atoms with Gasteiger partial charge >= 0.3 is 11.9 Å². The summed E-state index contributed by atoms with van der Waals surface area (Å²) in [5.41, 5.74) is 5.96. The number of carbonyl (C=O) groups excluding carboxylic acids is 4. The zero-order valence-electron chi connectivity index (χ0n) is 27.9. The number of Topliss-reactive ketones (excluding diaryl/α,β-unsaturated/α-hetero) is 1. The summed E-state index contributed by atoms with van der Waals surface area (Å²) in [6.45, 7) is 3.95. The molecule has 0 saturated carbocycles. The van der Waals surface area contributed by atoms with Crippen molar-refractivity contribution in [2.75, 3.05) is 20.1 Å². The summed E-state index contributed by atoms with van der Waals surface area (Å²) >= 11 is 0. The summed E-state index contributed by atoms with van der Waals surface area (Å²) in [5.74, 6) is -3.01. The largest absolute Gasteiger partial charge is 0.481 e. The molecule has 0 rings (SSSR count). The maximum absolute atomic E-state index is 12.3. The molecule has 0 aromatic heterocycles. The minimum Gasteiger partial charge on any atom is -0.481 e. The van der Waals surface area contributed by atoms with Crippen molar-refractivity contribution >= 4 is 35.4 Å². The molecule has 0 fully saturated rings. The second-order valence-electron chi connectivity index (χ2n) is 12.4. The third-order valence-electron chi connectivity index (χ3n) is 7.83. The van der Waals surface area contributed by atoms with E-state index >= 15 is 0 Å². The van der Waals surface area contributed by atoms with Gasteiger partial charge in [0.2, 0.25) is 17.7 Å². The molecule has 0 aromatic rings. The molecule has 0 saturated heterocycles. The first-order chi connectivity index (χ1) is 21.3. The summed E-state index contributed by atoms with van der Waals surface area (Å²) < 4.78 is 0. The average molecular weight is 641 g/mol. The number of ketones is 1. The van der Waals surface area contributed by atoms with Crippen LogP contribution in [0.15, 0.2) is 0 Å². The van der Waals surface area contributed by atoms with E-state index < -0.39 is 24.0 Å². The van der Waals surface area contributed by atoms with Gasteiger partial charge in [-0.25, -0.2) is 4.79 Å². The lowest BCUT2D eigenvalue weighted by molar-refractivity contribution is -0.142. The normalized spacial score (nSPS) is 12.4. The highest BCUT2D eigenvalue weighted by Gasteiger charge is 2.22. The first kappa shape index (κ1) is 42.0. The van der Waals surface area contributed by atoms with Crippen molar-refractivity contribution in [2.24, 2.45) is 11.7 Å². The van der Waals surface area contributed by atoms with E-state index in [9.17, 15) is 33.9 Å². The molecule has 0 aliphatic rings. The fourth-order valence-corrected chi connectivity index (χ4v) is 4.84. The summed E-state index contributed by atoms with van der Waals surface area (Å²) in [4.78, 5) is 72.0. The Morgan fingerprint density at radius 1 is 0.667 bits per heavy atom. The van der Waals surface area contributed by atoms with Crippen LogP contribution in [0.3, 0.4) is 0 Å². The molecule has 260 valence electrons. The summed E-state index contributed by atoms with van der Waals surface area (Å²) in [6.07, 6.45) is 14.5. The molecule has 3 amide bonds. The Balaban J connectivity index is 3.93. The Morgan fingerprint density at radius 2 is 1.18 bits per heavy atom. The van der Waals surface area contributed by atoms with Gasteiger partial charge in [0.05, 0.1) is 12.6 Å². The predicted molar refractivity (Wildman–Crippen MR) is 173 cm³/mol. The van der Waals surface area contributed by atoms with Crippen LogP contribution in [0.25, 0.3) is 0 Å². The van der Waals surface area contributed by atoms with Gasteiger partial charge in [-0.05, 0) is 38.5 Å². The molecule has 12 nitrogen and oxygen atoms in total. The molecular formula is C33H60N4O8. The Kier molecular flexibility index (Phi) is 24.5. The van der Waals surface area contributed by atoms with Crippen LogP contribution in [-0.4, -0.2) is 82.8 Å². The molecule has 0 aliphatic heterocycles. The van der Waals surface area contributed by atoms with Crippen LogP contribution in [0.5, 0.6) is 0 Å². The number of rotatable bonds is 29. The zero-order valence-corrected chi connectivity index (χ0v) is 27.9. The number of likely N-dealkylation sites (N-methyl/N-ethyl adjacent to an activating group) is 1. The Morgan fingerprint density at radius 3 is 1.67 bits per heavy atom. The van der Waals surface area contributed by atoms with Crippen molar-refractivity contribution in [1.82, 2.24) is 15.5 Å². The SMILES string of the molecule is CC(C)C(=O)CN(C)C(=O)[C@H](N)CCCCNC(=O)CC[C@H](NC(=O)CCCCCCCCCCCCCCC(=O)O)C(=O)O. The van der Waals surface area contributed by atoms with E-state index in [-0.39, 0.29) is 61.7 Å². The van der Waals surface area contributed by atoms with Crippen LogP contribution in [-0.2, 0) is 28.8 Å². The van der Waals surface area contributed by atoms with Crippen molar-refractivity contribution in [3.8, 4) is 0 Å². The minimum absolute atomic E-state index is 0.00392. The van der Waals surface area contributed by atoms with Gasteiger partial charge in [0.15, 0.2) is 5.78 Å². The predicted octanol–water partition coefficient (Wildman–Crippen LogP) is 4.18. The first-order valence-corrected chi connectivity index (χ1v) is 16.9. The number of carboxylic acids is 2. The monoisotopic (exact) mass is 640 g/mol. The highest BCUT2D eigenvalue weighted by Crippen LogP contribution is 2.13. The van der Waals surface area contributed by atoms with Gasteiger partial charge in [-0.15, -0.1) is 0 Å². The second kappa shape index (κ2) is 26.2. The molecule has 2 atom stereocenters. The standard InChI is InChI=1S/C33H60N4O8/c1-25(2)28(38)24-37(3)32(43)26(34)18-16-17-23-35-29(39)22-21-27(33(44)45)36-30(40)19-14-12-10-8-6-4-5-7-9-11-13-15-20-31(41)42/h25-27H,4-24,34H2,1-3H3,(H,35,39)(H,36,40)(H,41,42)(H,44,45)/t26-,27+/m1/s1. The lowest BCUT2D eigenvalue weighted by atomic mass is 10.0. The Bertz CT molecular complexity index is 896. The quantitative estimate of drug-likeness (QED) is 0.0745. The average Bonchev–Trinajstić information content (AvgIpc) is 2.98. The zero-order chi connectivity index (χ0) is 34.0. The van der Waals surface area contributed by atoms with Crippen LogP contribution in [0.4, 0.5) is 0 Å². The molecule has 0 radical (unpaired) electrons. The van der Waals surface area contributed by atoms with E-state index in [2.05, 4.69) is 10.6 Å². The number of nitrogens with two attached hydrogens (primary N) is 1. The lowest BCUT2D eigenvalue weighted by Gasteiger charge is -2.21. The number of carbonyl (C=O) groups is 6. The number of unbranched alkanes of at least 4 members (excludes halogenated alkanes) is 12. The molecule has 45 heavy (non-hydrogen) atoms. The molecule has 0 spiro atoms. The third kappa shape index (κ3) is 24.0. The van der Waals surface area contributed by atoms with Gasteiger partial charge in [0.1, 0.15) is 6.04 Å². The number of hydrogen-bond donors (Lipinski definition) is 5. The molecule has 0 unspecified atom stereocenters. The van der Waals surface area contributed by atoms with Crippen molar-refractivity contribution < 1.29 is 39.0 Å². The maximum Gasteiger partial charge on any atom is 0.326 e. The molecule has 0 aliphatic carbocycles. The number of nitrogens with zero attached hydrogens (tertiary/aromatic N) is 1. The first-order valence-electron chi connectivity index (χ1n) is 16.9. The number of hydrogen-bond acceptors (Lipinski definition) is 7. The van der Waals surface area contributed by atoms with Gasteiger partial charge in [-0.2, -0.15) is 0 Å². The molecule has 0 bridgehead atoms. The molecule has 0 heterocycles. The van der Waals surface area contributed by atoms with E-state index in [1.807, 2.05) is 0 Å². The van der Waals surface area contributed by atoms with Gasteiger partial charge in [0, 0.05) is 38.8 Å². The van der Waals surface area contributed by atoms with Gasteiger partial charge in [-0.1, -0.05) is 78.1 Å². The number of aliphatic carboxylic acids is 2. The smallest absolute Gasteiger partial charge is 0.326 e. The molecule has 0 aromatic carbocycles. The number of nitrogens with one attached hydrogen (secondary N) is 2. The molecule has 6 N–H and O–H groups in total. The molecular weight excluding hydrogens is 580 g/mol. The van der Waals surface area contributed by atoms with Crippen LogP contribution in [0, 0.1) is 5.92 Å². The van der Waals surface area contributed by atoms with E-state index in [4.69, 9.17) is 10.8 Å².